The van der Waals surface area contributed by atoms with Gasteiger partial charge in [-0.15, -0.1) is 0 Å². The van der Waals surface area contributed by atoms with Crippen LogP contribution in [0.1, 0.15) is 6.42 Å². The Morgan fingerprint density at radius 1 is 1.19 bits per heavy atom. The molecule has 2 unspecified atom stereocenters. The molecule has 7 nitrogen and oxygen atoms in total. The fourth-order valence-electron chi connectivity index (χ4n) is 3.57. The lowest BCUT2D eigenvalue weighted by Gasteiger charge is -2.60. The molecule has 0 aromatic carbocycles. The van der Waals surface area contributed by atoms with Crippen LogP contribution in [0.5, 0.6) is 5.75 Å². The standard InChI is InChI=1S/C13H18BN3O4/c18-14(19)21-12-1-2-13(15-4-12)16-5-9-3-10(6-16)17(9)11-7-20-8-11/h1-2,4,9-11,18-19H,3,5-8H2. The van der Waals surface area contributed by atoms with Gasteiger partial charge in [-0.1, -0.05) is 0 Å². The zero-order valence-electron chi connectivity index (χ0n) is 11.6. The van der Waals surface area contributed by atoms with Crippen molar-refractivity contribution in [1.29, 1.82) is 0 Å². The van der Waals surface area contributed by atoms with Crippen molar-refractivity contribution in [2.75, 3.05) is 31.2 Å². The third kappa shape index (κ3) is 2.38. The Bertz CT molecular complexity index is 499. The minimum atomic E-state index is -1.81. The summed E-state index contributed by atoms with van der Waals surface area (Å²) < 4.78 is 10.1. The zero-order chi connectivity index (χ0) is 14.4. The highest BCUT2D eigenvalue weighted by Crippen LogP contribution is 2.37. The normalized spacial score (nSPS) is 28.8. The van der Waals surface area contributed by atoms with Gasteiger partial charge in [-0.3, -0.25) is 4.90 Å². The Labute approximate surface area is 123 Å². The Balaban J connectivity index is 1.40. The lowest BCUT2D eigenvalue weighted by molar-refractivity contribution is -0.141. The summed E-state index contributed by atoms with van der Waals surface area (Å²) in [5, 5.41) is 17.5. The van der Waals surface area contributed by atoms with Gasteiger partial charge in [-0.25, -0.2) is 4.98 Å². The molecule has 1 aromatic heterocycles. The fraction of sp³-hybridized carbons (Fsp3) is 0.615. The fourth-order valence-corrected chi connectivity index (χ4v) is 3.57. The van der Waals surface area contributed by atoms with Crippen molar-refractivity contribution in [2.45, 2.75) is 24.5 Å². The second-order valence-electron chi connectivity index (χ2n) is 5.88. The smallest absolute Gasteiger partial charge is 0.511 e. The van der Waals surface area contributed by atoms with Crippen molar-refractivity contribution in [3.63, 3.8) is 0 Å². The Morgan fingerprint density at radius 3 is 2.48 bits per heavy atom. The third-order valence-corrected chi connectivity index (χ3v) is 4.58. The summed E-state index contributed by atoms with van der Waals surface area (Å²) in [6, 6.07) is 5.40. The van der Waals surface area contributed by atoms with Crippen LogP contribution in [0.2, 0.25) is 0 Å². The molecule has 0 amide bonds. The van der Waals surface area contributed by atoms with Crippen LogP contribution in [0.3, 0.4) is 0 Å². The molecule has 8 heteroatoms. The van der Waals surface area contributed by atoms with Crippen molar-refractivity contribution in [3.8, 4) is 5.75 Å². The maximum absolute atomic E-state index is 8.75. The van der Waals surface area contributed by atoms with Crippen molar-refractivity contribution >= 4 is 13.1 Å². The largest absolute Gasteiger partial charge is 0.707 e. The summed E-state index contributed by atoms with van der Waals surface area (Å²) in [4.78, 5) is 9.23. The second kappa shape index (κ2) is 5.13. The lowest BCUT2D eigenvalue weighted by Crippen LogP contribution is -2.74. The number of piperazine rings is 1. The van der Waals surface area contributed by atoms with Gasteiger partial charge in [0, 0.05) is 25.2 Å². The van der Waals surface area contributed by atoms with E-state index in [1.165, 1.54) is 12.6 Å². The lowest BCUT2D eigenvalue weighted by atomic mass is 9.85. The molecule has 21 heavy (non-hydrogen) atoms. The molecule has 0 saturated carbocycles. The van der Waals surface area contributed by atoms with E-state index in [-0.39, 0.29) is 0 Å². The van der Waals surface area contributed by atoms with Crippen LogP contribution in [0.15, 0.2) is 18.3 Å². The number of nitrogens with zero attached hydrogens (tertiary/aromatic N) is 3. The van der Waals surface area contributed by atoms with Crippen LogP contribution in [0.4, 0.5) is 5.82 Å². The maximum atomic E-state index is 8.75. The highest BCUT2D eigenvalue weighted by molar-refractivity contribution is 6.33. The molecule has 2 N–H and O–H groups in total. The molecule has 0 spiro atoms. The molecule has 2 bridgehead atoms. The molecule has 4 aliphatic rings. The summed E-state index contributed by atoms with van der Waals surface area (Å²) in [6.07, 6.45) is 2.79. The highest BCUT2D eigenvalue weighted by Gasteiger charge is 2.49. The van der Waals surface area contributed by atoms with Crippen LogP contribution < -0.4 is 9.55 Å². The van der Waals surface area contributed by atoms with Crippen LogP contribution in [-0.2, 0) is 4.74 Å². The average Bonchev–Trinajstić information content (AvgIpc) is 2.43. The van der Waals surface area contributed by atoms with E-state index < -0.39 is 7.32 Å². The molecule has 0 radical (unpaired) electrons. The number of hydrogen-bond donors (Lipinski definition) is 2. The van der Waals surface area contributed by atoms with Crippen LogP contribution in [-0.4, -0.2) is 71.7 Å². The number of piperidine rings is 1. The van der Waals surface area contributed by atoms with Crippen molar-refractivity contribution < 1.29 is 19.4 Å². The zero-order valence-corrected chi connectivity index (χ0v) is 11.6. The van der Waals surface area contributed by atoms with E-state index in [1.54, 1.807) is 6.07 Å². The van der Waals surface area contributed by atoms with E-state index in [4.69, 9.17) is 19.4 Å². The first-order valence-corrected chi connectivity index (χ1v) is 7.29. The van der Waals surface area contributed by atoms with E-state index in [0.717, 1.165) is 32.1 Å². The summed E-state index contributed by atoms with van der Waals surface area (Å²) in [5.74, 6) is 1.26. The highest BCUT2D eigenvalue weighted by atomic mass is 16.6. The number of fused-ring (bicyclic) bond motifs is 2. The van der Waals surface area contributed by atoms with Gasteiger partial charge < -0.3 is 24.3 Å². The monoisotopic (exact) mass is 291 g/mol. The molecular weight excluding hydrogens is 273 g/mol. The van der Waals surface area contributed by atoms with Gasteiger partial charge >= 0.3 is 7.32 Å². The molecule has 4 aliphatic heterocycles. The van der Waals surface area contributed by atoms with E-state index in [1.807, 2.05) is 6.07 Å². The molecule has 1 aromatic rings. The minimum Gasteiger partial charge on any atom is -0.511 e. The van der Waals surface area contributed by atoms with Gasteiger partial charge in [-0.05, 0) is 18.6 Å². The summed E-state index contributed by atoms with van der Waals surface area (Å²) in [7, 11) is -1.81. The van der Waals surface area contributed by atoms with Gasteiger partial charge in [-0.2, -0.15) is 0 Å². The Morgan fingerprint density at radius 2 is 1.95 bits per heavy atom. The number of pyridine rings is 1. The van der Waals surface area contributed by atoms with Gasteiger partial charge in [0.05, 0.1) is 25.5 Å². The maximum Gasteiger partial charge on any atom is 0.707 e. The van der Waals surface area contributed by atoms with Gasteiger partial charge in [0.1, 0.15) is 11.6 Å². The first kappa shape index (κ1) is 13.3. The molecule has 4 fully saturated rings. The molecule has 5 heterocycles. The van der Waals surface area contributed by atoms with E-state index in [0.29, 0.717) is 23.9 Å². The van der Waals surface area contributed by atoms with Crippen molar-refractivity contribution in [2.24, 2.45) is 0 Å². The molecular formula is C13H18BN3O4. The predicted octanol–water partition coefficient (Wildman–Crippen LogP) is -0.908. The van der Waals surface area contributed by atoms with Crippen LogP contribution >= 0.6 is 0 Å². The van der Waals surface area contributed by atoms with E-state index in [2.05, 4.69) is 14.8 Å². The first-order valence-electron chi connectivity index (χ1n) is 7.29. The number of anilines is 1. The van der Waals surface area contributed by atoms with Gasteiger partial charge in [0.25, 0.3) is 0 Å². The Kier molecular flexibility index (Phi) is 3.26. The first-order chi connectivity index (χ1) is 10.2. The SMILES string of the molecule is OB(O)Oc1ccc(N2CC3CC(C2)N3C2COC2)nc1. The quantitative estimate of drug-likeness (QED) is 0.695. The average molecular weight is 291 g/mol. The topological polar surface area (TPSA) is 78.3 Å². The van der Waals surface area contributed by atoms with Crippen LogP contribution in [0, 0.1) is 0 Å². The summed E-state index contributed by atoms with van der Waals surface area (Å²) in [5.41, 5.74) is 0. The van der Waals surface area contributed by atoms with Crippen molar-refractivity contribution in [3.05, 3.63) is 18.3 Å². The second-order valence-corrected chi connectivity index (χ2v) is 5.88. The molecule has 112 valence electrons. The molecule has 5 rings (SSSR count). The minimum absolute atomic E-state index is 0.351. The number of ether oxygens (including phenoxy) is 1. The summed E-state index contributed by atoms with van der Waals surface area (Å²) >= 11 is 0. The molecule has 4 saturated heterocycles. The molecule has 0 aliphatic carbocycles. The Hall–Kier alpha value is -1.35. The van der Waals surface area contributed by atoms with Gasteiger partial charge in [0.15, 0.2) is 0 Å². The van der Waals surface area contributed by atoms with E-state index >= 15 is 0 Å². The number of hydrogen-bond acceptors (Lipinski definition) is 7. The molecule has 2 atom stereocenters. The van der Waals surface area contributed by atoms with E-state index in [9.17, 15) is 0 Å². The third-order valence-electron chi connectivity index (χ3n) is 4.58. The number of aromatic nitrogens is 1. The van der Waals surface area contributed by atoms with Crippen LogP contribution in [0.25, 0.3) is 0 Å². The predicted molar refractivity (Wildman–Crippen MR) is 75.9 cm³/mol. The summed E-state index contributed by atoms with van der Waals surface area (Å²) in [6.45, 7) is 3.73. The van der Waals surface area contributed by atoms with Crippen molar-refractivity contribution in [1.82, 2.24) is 9.88 Å². The number of rotatable bonds is 4. The van der Waals surface area contributed by atoms with Gasteiger partial charge in [0.2, 0.25) is 0 Å².